The number of nitrogens with zero attached hydrogens (tertiary/aromatic N) is 2. The van der Waals surface area contributed by atoms with Crippen LogP contribution in [0.4, 0.5) is 0 Å². The highest BCUT2D eigenvalue weighted by atomic mass is 79.9. The van der Waals surface area contributed by atoms with Gasteiger partial charge in [0.1, 0.15) is 0 Å². The number of hydrogen-bond donors (Lipinski definition) is 1. The fraction of sp³-hybridized carbons (Fsp3) is 0.455. The van der Waals surface area contributed by atoms with Crippen molar-refractivity contribution in [3.05, 3.63) is 20.1 Å². The molecule has 2 aromatic heterocycles. The molecule has 2 heterocycles. The summed E-state index contributed by atoms with van der Waals surface area (Å²) in [6.45, 7) is 6.14. The van der Waals surface area contributed by atoms with Crippen molar-refractivity contribution < 1.29 is 4.52 Å². The molecule has 2 rings (SSSR count). The topological polar surface area (TPSA) is 64.9 Å². The van der Waals surface area contributed by atoms with E-state index < -0.39 is 0 Å². The van der Waals surface area contributed by atoms with E-state index in [1.165, 1.54) is 11.3 Å². The normalized spacial score (nSPS) is 13.9. The van der Waals surface area contributed by atoms with Gasteiger partial charge in [-0.05, 0) is 43.3 Å². The summed E-state index contributed by atoms with van der Waals surface area (Å²) in [5, 5.41) is 3.96. The standard InChI is InChI=1S/C11H13Br2N3OS/c1-11(2,3)7(14)9-15-10(17-16-9)6-4-5(12)8(13)18-6/h4,7H,14H2,1-3H3. The molecule has 1 unspecified atom stereocenters. The maximum absolute atomic E-state index is 6.10. The molecule has 0 aliphatic carbocycles. The van der Waals surface area contributed by atoms with Gasteiger partial charge in [-0.2, -0.15) is 4.98 Å². The molecule has 0 amide bonds. The van der Waals surface area contributed by atoms with Gasteiger partial charge in [-0.15, -0.1) is 11.3 Å². The van der Waals surface area contributed by atoms with E-state index in [4.69, 9.17) is 10.3 Å². The Bertz CT molecular complexity index is 539. The molecule has 2 aromatic rings. The third-order valence-corrected chi connectivity index (χ3v) is 5.75. The predicted octanol–water partition coefficient (Wildman–Crippen LogP) is 4.37. The lowest BCUT2D eigenvalue weighted by Gasteiger charge is -2.23. The Morgan fingerprint density at radius 3 is 2.56 bits per heavy atom. The highest BCUT2D eigenvalue weighted by Gasteiger charge is 2.27. The van der Waals surface area contributed by atoms with Gasteiger partial charge in [0.2, 0.25) is 0 Å². The molecular weight excluding hydrogens is 382 g/mol. The predicted molar refractivity (Wildman–Crippen MR) is 79.4 cm³/mol. The molecule has 0 saturated carbocycles. The molecule has 0 spiro atoms. The van der Waals surface area contributed by atoms with Crippen LogP contribution in [0.5, 0.6) is 0 Å². The lowest BCUT2D eigenvalue weighted by atomic mass is 9.87. The summed E-state index contributed by atoms with van der Waals surface area (Å²) in [5.41, 5.74) is 6.00. The second-order valence-corrected chi connectivity index (χ2v) is 8.26. The third-order valence-electron chi connectivity index (χ3n) is 2.51. The van der Waals surface area contributed by atoms with Gasteiger partial charge in [-0.25, -0.2) is 0 Å². The van der Waals surface area contributed by atoms with E-state index in [0.717, 1.165) is 13.1 Å². The molecule has 4 nitrogen and oxygen atoms in total. The Hall–Kier alpha value is -0.240. The number of halogens is 2. The maximum Gasteiger partial charge on any atom is 0.268 e. The van der Waals surface area contributed by atoms with Crippen molar-refractivity contribution in [2.75, 3.05) is 0 Å². The van der Waals surface area contributed by atoms with Gasteiger partial charge in [0.25, 0.3) is 5.89 Å². The van der Waals surface area contributed by atoms with Crippen molar-refractivity contribution in [3.8, 4) is 10.8 Å². The maximum atomic E-state index is 6.10. The first-order valence-corrected chi connectivity index (χ1v) is 7.73. The van der Waals surface area contributed by atoms with Crippen molar-refractivity contribution in [2.45, 2.75) is 26.8 Å². The van der Waals surface area contributed by atoms with Crippen LogP contribution in [-0.2, 0) is 0 Å². The monoisotopic (exact) mass is 393 g/mol. The molecule has 0 radical (unpaired) electrons. The van der Waals surface area contributed by atoms with Crippen molar-refractivity contribution in [3.63, 3.8) is 0 Å². The molecule has 7 heteroatoms. The number of hydrogen-bond acceptors (Lipinski definition) is 5. The molecule has 1 atom stereocenters. The fourth-order valence-corrected chi connectivity index (χ4v) is 3.26. The van der Waals surface area contributed by atoms with Crippen molar-refractivity contribution >= 4 is 43.2 Å². The van der Waals surface area contributed by atoms with Crippen LogP contribution >= 0.6 is 43.2 Å². The minimum absolute atomic E-state index is 0.0994. The summed E-state index contributed by atoms with van der Waals surface area (Å²) >= 11 is 8.40. The molecule has 98 valence electrons. The average molecular weight is 395 g/mol. The zero-order valence-electron chi connectivity index (χ0n) is 10.2. The zero-order chi connectivity index (χ0) is 13.5. The van der Waals surface area contributed by atoms with E-state index >= 15 is 0 Å². The number of thiophene rings is 1. The van der Waals surface area contributed by atoms with Crippen molar-refractivity contribution in [1.82, 2.24) is 10.1 Å². The second kappa shape index (κ2) is 5.03. The van der Waals surface area contributed by atoms with Gasteiger partial charge in [0, 0.05) is 4.47 Å². The Morgan fingerprint density at radius 2 is 2.06 bits per heavy atom. The van der Waals surface area contributed by atoms with Crippen LogP contribution in [0.25, 0.3) is 10.8 Å². The van der Waals surface area contributed by atoms with Crippen LogP contribution in [0.2, 0.25) is 0 Å². The van der Waals surface area contributed by atoms with E-state index in [2.05, 4.69) is 42.0 Å². The van der Waals surface area contributed by atoms with E-state index in [1.54, 1.807) is 0 Å². The number of nitrogens with two attached hydrogens (primary N) is 1. The highest BCUT2D eigenvalue weighted by Crippen LogP contribution is 2.38. The first-order valence-electron chi connectivity index (χ1n) is 5.33. The zero-order valence-corrected chi connectivity index (χ0v) is 14.2. The lowest BCUT2D eigenvalue weighted by molar-refractivity contribution is 0.303. The minimum Gasteiger partial charge on any atom is -0.333 e. The lowest BCUT2D eigenvalue weighted by Crippen LogP contribution is -2.27. The van der Waals surface area contributed by atoms with Crippen LogP contribution in [0, 0.1) is 5.41 Å². The largest absolute Gasteiger partial charge is 0.333 e. The molecule has 2 N–H and O–H groups in total. The van der Waals surface area contributed by atoms with Crippen LogP contribution in [-0.4, -0.2) is 10.1 Å². The van der Waals surface area contributed by atoms with E-state index in [0.29, 0.717) is 11.7 Å². The molecule has 0 aliphatic heterocycles. The van der Waals surface area contributed by atoms with Crippen molar-refractivity contribution in [1.29, 1.82) is 0 Å². The first kappa shape index (κ1) is 14.2. The van der Waals surface area contributed by atoms with Gasteiger partial charge in [0.05, 0.1) is 14.7 Å². The van der Waals surface area contributed by atoms with E-state index in [-0.39, 0.29) is 11.5 Å². The third kappa shape index (κ3) is 2.84. The molecule has 0 fully saturated rings. The van der Waals surface area contributed by atoms with Crippen LogP contribution in [0.3, 0.4) is 0 Å². The van der Waals surface area contributed by atoms with Crippen molar-refractivity contribution in [2.24, 2.45) is 11.1 Å². The summed E-state index contributed by atoms with van der Waals surface area (Å²) in [6.07, 6.45) is 0. The van der Waals surface area contributed by atoms with E-state index in [9.17, 15) is 0 Å². The highest BCUT2D eigenvalue weighted by molar-refractivity contribution is 9.13. The molecule has 0 aromatic carbocycles. The van der Waals surface area contributed by atoms with Gasteiger partial charge >= 0.3 is 0 Å². The van der Waals surface area contributed by atoms with Gasteiger partial charge in [-0.1, -0.05) is 25.9 Å². The minimum atomic E-state index is -0.248. The smallest absolute Gasteiger partial charge is 0.268 e. The van der Waals surface area contributed by atoms with Gasteiger partial charge < -0.3 is 10.3 Å². The fourth-order valence-electron chi connectivity index (χ4n) is 1.30. The Labute approximate surface area is 126 Å². The van der Waals surface area contributed by atoms with Gasteiger partial charge in [-0.3, -0.25) is 0 Å². The summed E-state index contributed by atoms with van der Waals surface area (Å²) in [6, 6.07) is 1.69. The summed E-state index contributed by atoms with van der Waals surface area (Å²) in [4.78, 5) is 5.28. The molecule has 0 aliphatic rings. The Kier molecular flexibility index (Phi) is 3.96. The first-order chi connectivity index (χ1) is 8.29. The van der Waals surface area contributed by atoms with E-state index in [1.807, 2.05) is 26.8 Å². The molecule has 0 saturated heterocycles. The second-order valence-electron chi connectivity index (χ2n) is 5.03. The quantitative estimate of drug-likeness (QED) is 0.821. The summed E-state index contributed by atoms with van der Waals surface area (Å²) < 4.78 is 7.23. The Balaban J connectivity index is 2.31. The Morgan fingerprint density at radius 1 is 1.39 bits per heavy atom. The molecule has 0 bridgehead atoms. The molecule has 18 heavy (non-hydrogen) atoms. The number of aromatic nitrogens is 2. The molecular formula is C11H13Br2N3OS. The van der Waals surface area contributed by atoms with Gasteiger partial charge in [0.15, 0.2) is 5.82 Å². The van der Waals surface area contributed by atoms with Crippen LogP contribution in [0.1, 0.15) is 32.6 Å². The summed E-state index contributed by atoms with van der Waals surface area (Å²) in [7, 11) is 0. The number of rotatable bonds is 2. The van der Waals surface area contributed by atoms with Crippen LogP contribution < -0.4 is 5.73 Å². The average Bonchev–Trinajstić information content (AvgIpc) is 2.84. The summed E-state index contributed by atoms with van der Waals surface area (Å²) in [5.74, 6) is 1.04. The van der Waals surface area contributed by atoms with Crippen LogP contribution in [0.15, 0.2) is 18.8 Å². The SMILES string of the molecule is CC(C)(C)C(N)c1noc(-c2cc(Br)c(Br)s2)n1.